The van der Waals surface area contributed by atoms with E-state index in [-0.39, 0.29) is 0 Å². The molecular formula is C11H15BrN2OS. The highest BCUT2D eigenvalue weighted by atomic mass is 79.9. The summed E-state index contributed by atoms with van der Waals surface area (Å²) in [5, 5.41) is 3.25. The molecule has 3 nitrogen and oxygen atoms in total. The van der Waals surface area contributed by atoms with Crippen molar-refractivity contribution in [3.8, 4) is 0 Å². The van der Waals surface area contributed by atoms with E-state index in [1.165, 1.54) is 0 Å². The molecule has 0 saturated carbocycles. The number of nitrogens with two attached hydrogens (primary N) is 1. The summed E-state index contributed by atoms with van der Waals surface area (Å²) in [6.45, 7) is 4.10. The molecule has 1 aromatic rings. The number of thiocarbonyl (C=S) groups is 1. The fourth-order valence-electron chi connectivity index (χ4n) is 1.32. The van der Waals surface area contributed by atoms with Gasteiger partial charge in [0.1, 0.15) is 4.99 Å². The van der Waals surface area contributed by atoms with Gasteiger partial charge in [0.05, 0.1) is 6.61 Å². The number of hydrogen-bond acceptors (Lipinski definition) is 3. The molecule has 0 unspecified atom stereocenters. The monoisotopic (exact) mass is 302 g/mol. The van der Waals surface area contributed by atoms with Crippen LogP contribution in [0.5, 0.6) is 0 Å². The fraction of sp³-hybridized carbons (Fsp3) is 0.364. The SMILES string of the molecule is CCOCCNc1cccc(Br)c1C(N)=S. The van der Waals surface area contributed by atoms with Gasteiger partial charge in [0.15, 0.2) is 0 Å². The van der Waals surface area contributed by atoms with E-state index in [4.69, 9.17) is 22.7 Å². The Labute approximate surface area is 109 Å². The molecule has 0 fully saturated rings. The van der Waals surface area contributed by atoms with Crippen molar-refractivity contribution in [1.29, 1.82) is 0 Å². The van der Waals surface area contributed by atoms with E-state index in [9.17, 15) is 0 Å². The lowest BCUT2D eigenvalue weighted by Crippen LogP contribution is -2.16. The highest BCUT2D eigenvalue weighted by Crippen LogP contribution is 2.24. The first-order valence-electron chi connectivity index (χ1n) is 5.06. The third-order valence-corrected chi connectivity index (χ3v) is 2.89. The van der Waals surface area contributed by atoms with E-state index >= 15 is 0 Å². The maximum atomic E-state index is 5.68. The van der Waals surface area contributed by atoms with Crippen molar-refractivity contribution in [3.63, 3.8) is 0 Å². The van der Waals surface area contributed by atoms with Crippen LogP contribution in [0.2, 0.25) is 0 Å². The first-order valence-corrected chi connectivity index (χ1v) is 6.27. The Morgan fingerprint density at radius 1 is 1.56 bits per heavy atom. The fourth-order valence-corrected chi connectivity index (χ4v) is 2.26. The van der Waals surface area contributed by atoms with Crippen molar-refractivity contribution in [1.82, 2.24) is 0 Å². The molecule has 0 spiro atoms. The number of benzene rings is 1. The highest BCUT2D eigenvalue weighted by molar-refractivity contribution is 9.10. The molecule has 0 heterocycles. The second kappa shape index (κ2) is 6.83. The molecule has 1 rings (SSSR count). The van der Waals surface area contributed by atoms with E-state index < -0.39 is 0 Å². The summed E-state index contributed by atoms with van der Waals surface area (Å²) in [6.07, 6.45) is 0. The van der Waals surface area contributed by atoms with Gasteiger partial charge in [-0.25, -0.2) is 0 Å². The Morgan fingerprint density at radius 2 is 2.31 bits per heavy atom. The van der Waals surface area contributed by atoms with Gasteiger partial charge in [0, 0.05) is 28.9 Å². The molecule has 0 saturated heterocycles. The molecule has 0 aliphatic carbocycles. The van der Waals surface area contributed by atoms with Crippen molar-refractivity contribution < 1.29 is 4.74 Å². The molecule has 0 atom stereocenters. The van der Waals surface area contributed by atoms with E-state index in [1.54, 1.807) is 0 Å². The molecule has 0 radical (unpaired) electrons. The Hall–Kier alpha value is -0.650. The zero-order chi connectivity index (χ0) is 12.0. The average Bonchev–Trinajstić information content (AvgIpc) is 2.24. The first kappa shape index (κ1) is 13.4. The lowest BCUT2D eigenvalue weighted by Gasteiger charge is -2.12. The van der Waals surface area contributed by atoms with Crippen molar-refractivity contribution in [2.45, 2.75) is 6.92 Å². The molecule has 88 valence electrons. The van der Waals surface area contributed by atoms with Crippen molar-refractivity contribution in [2.24, 2.45) is 5.73 Å². The minimum absolute atomic E-state index is 0.381. The molecule has 0 amide bonds. The van der Waals surface area contributed by atoms with Gasteiger partial charge in [0.2, 0.25) is 0 Å². The first-order chi connectivity index (χ1) is 7.66. The molecule has 1 aromatic carbocycles. The predicted molar refractivity (Wildman–Crippen MR) is 75.0 cm³/mol. The maximum Gasteiger partial charge on any atom is 0.107 e. The lowest BCUT2D eigenvalue weighted by atomic mass is 10.2. The van der Waals surface area contributed by atoms with Crippen LogP contribution in [0.4, 0.5) is 5.69 Å². The van der Waals surface area contributed by atoms with E-state index in [2.05, 4.69) is 21.2 Å². The normalized spacial score (nSPS) is 10.1. The van der Waals surface area contributed by atoms with Crippen LogP contribution in [-0.2, 0) is 4.74 Å². The molecule has 5 heteroatoms. The number of hydrogen-bond donors (Lipinski definition) is 2. The Bertz CT molecular complexity index is 371. The van der Waals surface area contributed by atoms with Crippen LogP contribution in [0.15, 0.2) is 22.7 Å². The molecular weight excluding hydrogens is 288 g/mol. The van der Waals surface area contributed by atoms with E-state index in [1.807, 2.05) is 25.1 Å². The van der Waals surface area contributed by atoms with Crippen LogP contribution < -0.4 is 11.1 Å². The Morgan fingerprint density at radius 3 is 2.94 bits per heavy atom. The van der Waals surface area contributed by atoms with Crippen molar-refractivity contribution in [3.05, 3.63) is 28.2 Å². The second-order valence-corrected chi connectivity index (χ2v) is 4.44. The Kier molecular flexibility index (Phi) is 5.73. The van der Waals surface area contributed by atoms with E-state index in [0.717, 1.165) is 28.9 Å². The highest BCUT2D eigenvalue weighted by Gasteiger charge is 2.08. The summed E-state index contributed by atoms with van der Waals surface area (Å²) >= 11 is 8.45. The molecule has 0 bridgehead atoms. The van der Waals surface area contributed by atoms with Crippen LogP contribution >= 0.6 is 28.1 Å². The minimum Gasteiger partial charge on any atom is -0.389 e. The summed E-state index contributed by atoms with van der Waals surface area (Å²) in [6, 6.07) is 5.81. The van der Waals surface area contributed by atoms with Crippen LogP contribution in [0.3, 0.4) is 0 Å². The third kappa shape index (κ3) is 3.73. The minimum atomic E-state index is 0.381. The summed E-state index contributed by atoms with van der Waals surface area (Å²) in [7, 11) is 0. The standard InChI is InChI=1S/C11H15BrN2OS/c1-2-15-7-6-14-9-5-3-4-8(12)10(9)11(13)16/h3-5,14H,2,6-7H2,1H3,(H2,13,16). The van der Waals surface area contributed by atoms with Crippen LogP contribution in [0.25, 0.3) is 0 Å². The molecule has 0 aromatic heterocycles. The number of ether oxygens (including phenoxy) is 1. The van der Waals surface area contributed by atoms with Gasteiger partial charge in [0.25, 0.3) is 0 Å². The smallest absolute Gasteiger partial charge is 0.107 e. The second-order valence-electron chi connectivity index (χ2n) is 3.15. The zero-order valence-electron chi connectivity index (χ0n) is 9.13. The van der Waals surface area contributed by atoms with Gasteiger partial charge < -0.3 is 15.8 Å². The summed E-state index contributed by atoms with van der Waals surface area (Å²) in [5.74, 6) is 0. The van der Waals surface area contributed by atoms with Crippen LogP contribution in [0, 0.1) is 0 Å². The number of rotatable bonds is 6. The topological polar surface area (TPSA) is 47.3 Å². The quantitative estimate of drug-likeness (QED) is 0.626. The molecule has 16 heavy (non-hydrogen) atoms. The van der Waals surface area contributed by atoms with Gasteiger partial charge in [-0.15, -0.1) is 0 Å². The van der Waals surface area contributed by atoms with Gasteiger partial charge in [-0.05, 0) is 35.0 Å². The number of nitrogens with one attached hydrogen (secondary N) is 1. The van der Waals surface area contributed by atoms with Crippen molar-refractivity contribution in [2.75, 3.05) is 25.1 Å². The van der Waals surface area contributed by atoms with Crippen LogP contribution in [0.1, 0.15) is 12.5 Å². The van der Waals surface area contributed by atoms with Crippen LogP contribution in [-0.4, -0.2) is 24.7 Å². The molecule has 0 aliphatic heterocycles. The lowest BCUT2D eigenvalue weighted by molar-refractivity contribution is 0.158. The number of halogens is 1. The van der Waals surface area contributed by atoms with Gasteiger partial charge in [-0.2, -0.15) is 0 Å². The van der Waals surface area contributed by atoms with E-state index in [0.29, 0.717) is 11.6 Å². The molecule has 3 N–H and O–H groups in total. The summed E-state index contributed by atoms with van der Waals surface area (Å²) < 4.78 is 6.15. The third-order valence-electron chi connectivity index (χ3n) is 2.03. The predicted octanol–water partition coefficient (Wildman–Crippen LogP) is 2.53. The summed E-state index contributed by atoms with van der Waals surface area (Å²) in [5.41, 5.74) is 7.45. The zero-order valence-corrected chi connectivity index (χ0v) is 11.5. The Balaban J connectivity index is 2.71. The maximum absolute atomic E-state index is 5.68. The average molecular weight is 303 g/mol. The number of anilines is 1. The van der Waals surface area contributed by atoms with Crippen molar-refractivity contribution >= 4 is 38.8 Å². The van der Waals surface area contributed by atoms with Gasteiger partial charge in [-0.1, -0.05) is 18.3 Å². The molecule has 0 aliphatic rings. The van der Waals surface area contributed by atoms with Gasteiger partial charge in [-0.3, -0.25) is 0 Å². The largest absolute Gasteiger partial charge is 0.389 e. The van der Waals surface area contributed by atoms with Gasteiger partial charge >= 0.3 is 0 Å². The summed E-state index contributed by atoms with van der Waals surface area (Å²) in [4.78, 5) is 0.381.